The summed E-state index contributed by atoms with van der Waals surface area (Å²) in [7, 11) is 1.27. The Morgan fingerprint density at radius 2 is 1.84 bits per heavy atom. The first-order chi connectivity index (χ1) is 21.5. The van der Waals surface area contributed by atoms with E-state index < -0.39 is 23.9 Å². The van der Waals surface area contributed by atoms with E-state index in [4.69, 9.17) is 4.74 Å². The zero-order valence-corrected chi connectivity index (χ0v) is 26.1. The molecular formula is C35H38N4O6. The number of aliphatic carboxylic acids is 1. The number of esters is 1. The predicted molar refractivity (Wildman–Crippen MR) is 170 cm³/mol. The number of hydrogen-bond acceptors (Lipinski definition) is 7. The van der Waals surface area contributed by atoms with E-state index in [0.29, 0.717) is 52.2 Å². The van der Waals surface area contributed by atoms with Gasteiger partial charge in [-0.15, -0.1) is 0 Å². The van der Waals surface area contributed by atoms with Crippen LogP contribution in [0.1, 0.15) is 72.0 Å². The number of aromatic amines is 2. The fourth-order valence-electron chi connectivity index (χ4n) is 7.66. The standard InChI is InChI=1S/C35H38N4O6/c1-7-18-15(3)22-11-23-16(4)20(9-10-28(41)42)32(38-23)30-31(35(44)45-6)34(43)29-17(5)24(39-33(29)30)12-26-19(8-2)21(14-40)27(37-26)13-25(18)36-22/h7,11-14,16,20,23,31,33,36-39H,1,8-10H2,2-6H3,(H,41,42)/b22-11-,24-12-,25-13-,32-30-/t16-,20-,23?,31+,33-/m0/s1. The van der Waals surface area contributed by atoms with Crippen LogP contribution in [0.25, 0.3) is 24.3 Å². The van der Waals surface area contributed by atoms with Crippen LogP contribution in [-0.2, 0) is 25.5 Å². The van der Waals surface area contributed by atoms with Gasteiger partial charge in [-0.25, -0.2) is 0 Å². The zero-order valence-electron chi connectivity index (χ0n) is 26.1. The van der Waals surface area contributed by atoms with Gasteiger partial charge in [0.15, 0.2) is 12.1 Å². The monoisotopic (exact) mass is 610 g/mol. The summed E-state index contributed by atoms with van der Waals surface area (Å²) in [5.74, 6) is -3.35. The highest BCUT2D eigenvalue weighted by atomic mass is 16.5. The third-order valence-corrected chi connectivity index (χ3v) is 10.0. The Kier molecular flexibility index (Phi) is 7.54. The minimum atomic E-state index is -1.15. The average molecular weight is 611 g/mol. The van der Waals surface area contributed by atoms with Gasteiger partial charge in [0.1, 0.15) is 5.92 Å². The molecule has 2 aromatic rings. The first kappa shape index (κ1) is 30.2. The van der Waals surface area contributed by atoms with Crippen molar-refractivity contribution in [2.45, 2.75) is 59.0 Å². The second-order valence-corrected chi connectivity index (χ2v) is 12.3. The largest absolute Gasteiger partial charge is 0.481 e. The molecule has 3 aliphatic heterocycles. The summed E-state index contributed by atoms with van der Waals surface area (Å²) in [6, 6.07) is -0.834. The van der Waals surface area contributed by atoms with Gasteiger partial charge in [-0.2, -0.15) is 0 Å². The van der Waals surface area contributed by atoms with Crippen LogP contribution >= 0.6 is 0 Å². The number of allylic oxidation sites excluding steroid dienone is 2. The van der Waals surface area contributed by atoms with Gasteiger partial charge >= 0.3 is 11.9 Å². The van der Waals surface area contributed by atoms with E-state index in [1.807, 2.05) is 32.9 Å². The van der Waals surface area contributed by atoms with Crippen LogP contribution < -0.4 is 21.3 Å². The lowest BCUT2D eigenvalue weighted by molar-refractivity contribution is -0.146. The van der Waals surface area contributed by atoms with Crippen molar-refractivity contribution >= 4 is 48.3 Å². The highest BCUT2D eigenvalue weighted by Gasteiger charge is 2.54. The number of rotatable bonds is 7. The summed E-state index contributed by atoms with van der Waals surface area (Å²) in [5.41, 5.74) is 7.89. The normalized spacial score (nSPS) is 29.1. The van der Waals surface area contributed by atoms with Gasteiger partial charge in [-0.05, 0) is 73.1 Å². The van der Waals surface area contributed by atoms with Crippen LogP contribution in [0.5, 0.6) is 0 Å². The number of fused-ring (bicyclic) bond motifs is 7. The van der Waals surface area contributed by atoms with Gasteiger partial charge in [0.2, 0.25) is 0 Å². The number of carbonyl (C=O) groups excluding carboxylic acids is 3. The minimum absolute atomic E-state index is 0.0585. The number of nitrogens with one attached hydrogen (secondary N) is 4. The van der Waals surface area contributed by atoms with E-state index in [2.05, 4.69) is 40.2 Å². The van der Waals surface area contributed by atoms with Crippen molar-refractivity contribution in [2.75, 3.05) is 7.11 Å². The molecule has 4 aliphatic rings. The molecule has 45 heavy (non-hydrogen) atoms. The zero-order chi connectivity index (χ0) is 32.3. The molecule has 5 heterocycles. The van der Waals surface area contributed by atoms with Crippen LogP contribution in [0.3, 0.4) is 0 Å². The van der Waals surface area contributed by atoms with Crippen LogP contribution in [0.2, 0.25) is 0 Å². The van der Waals surface area contributed by atoms with E-state index >= 15 is 0 Å². The van der Waals surface area contributed by atoms with Crippen molar-refractivity contribution in [2.24, 2.45) is 17.8 Å². The van der Waals surface area contributed by atoms with Crippen molar-refractivity contribution in [3.63, 3.8) is 0 Å². The highest BCUT2D eigenvalue weighted by molar-refractivity contribution is 6.17. The van der Waals surface area contributed by atoms with Crippen molar-refractivity contribution in [1.29, 1.82) is 0 Å². The molecular weight excluding hydrogens is 572 g/mol. The molecule has 2 aromatic heterocycles. The van der Waals surface area contributed by atoms with Crippen LogP contribution in [-0.4, -0.2) is 58.3 Å². The molecule has 6 rings (SSSR count). The Morgan fingerprint density at radius 1 is 1.09 bits per heavy atom. The fraction of sp³-hybridized carbons (Fsp3) is 0.371. The van der Waals surface area contributed by atoms with Crippen LogP contribution in [0.4, 0.5) is 0 Å². The van der Waals surface area contributed by atoms with Gasteiger partial charge in [0.05, 0.1) is 18.8 Å². The molecule has 0 aromatic carbocycles. The highest BCUT2D eigenvalue weighted by Crippen LogP contribution is 2.47. The minimum Gasteiger partial charge on any atom is -0.481 e. The Hall–Kier alpha value is -4.86. The number of carboxylic acid groups (broad SMARTS) is 1. The molecule has 10 heteroatoms. The molecule has 5 atom stereocenters. The first-order valence-electron chi connectivity index (χ1n) is 15.3. The number of methoxy groups -OCH3 is 1. The van der Waals surface area contributed by atoms with E-state index in [1.165, 1.54) is 7.11 Å². The number of aromatic nitrogens is 2. The fourth-order valence-corrected chi connectivity index (χ4v) is 7.66. The molecule has 1 saturated carbocycles. The van der Waals surface area contributed by atoms with Crippen molar-refractivity contribution in [1.82, 2.24) is 20.6 Å². The van der Waals surface area contributed by atoms with Crippen molar-refractivity contribution < 1.29 is 29.0 Å². The van der Waals surface area contributed by atoms with Crippen molar-refractivity contribution in [3.8, 4) is 0 Å². The summed E-state index contributed by atoms with van der Waals surface area (Å²) < 4.78 is 5.15. The lowest BCUT2D eigenvalue weighted by Gasteiger charge is -2.22. The van der Waals surface area contributed by atoms with Crippen LogP contribution in [0.15, 0.2) is 34.7 Å². The molecule has 0 spiro atoms. The van der Waals surface area contributed by atoms with Gasteiger partial charge in [-0.3, -0.25) is 19.2 Å². The lowest BCUT2D eigenvalue weighted by atomic mass is 9.83. The molecule has 8 bridgehead atoms. The Balaban J connectivity index is 1.70. The van der Waals surface area contributed by atoms with Gasteiger partial charge in [0.25, 0.3) is 0 Å². The number of carbonyl (C=O) groups is 4. The predicted octanol–water partition coefficient (Wildman–Crippen LogP) is 2.64. The Bertz CT molecular complexity index is 1900. The molecule has 234 valence electrons. The Labute approximate surface area is 260 Å². The summed E-state index contributed by atoms with van der Waals surface area (Å²) in [5, 5.41) is 18.4. The molecule has 1 saturated heterocycles. The molecule has 1 aliphatic carbocycles. The van der Waals surface area contributed by atoms with Crippen molar-refractivity contribution in [3.05, 3.63) is 79.0 Å². The molecule has 1 unspecified atom stereocenters. The van der Waals surface area contributed by atoms with E-state index in [-0.39, 0.29) is 30.1 Å². The number of ketones is 1. The maximum absolute atomic E-state index is 14.0. The molecule has 0 radical (unpaired) electrons. The van der Waals surface area contributed by atoms with E-state index in [0.717, 1.165) is 39.4 Å². The number of hydrogen-bond donors (Lipinski definition) is 5. The molecule has 5 N–H and O–H groups in total. The maximum Gasteiger partial charge on any atom is 0.320 e. The third-order valence-electron chi connectivity index (χ3n) is 10.0. The van der Waals surface area contributed by atoms with Crippen LogP contribution in [0, 0.1) is 24.7 Å². The third kappa shape index (κ3) is 4.62. The second-order valence-electron chi connectivity index (χ2n) is 12.3. The number of carboxylic acids is 1. The summed E-state index contributed by atoms with van der Waals surface area (Å²) in [6.07, 6.45) is 9.45. The lowest BCUT2D eigenvalue weighted by Crippen LogP contribution is -2.32. The van der Waals surface area contributed by atoms with E-state index in [1.54, 1.807) is 6.08 Å². The number of aldehydes is 1. The number of Topliss-reactive ketones (excluding diaryl/α,β-unsaturated/α-hetero) is 1. The average Bonchev–Trinajstić information content (AvgIpc) is 3.76. The van der Waals surface area contributed by atoms with E-state index in [9.17, 15) is 24.3 Å². The van der Waals surface area contributed by atoms with Gasteiger partial charge in [-0.1, -0.05) is 26.5 Å². The smallest absolute Gasteiger partial charge is 0.320 e. The molecule has 0 amide bonds. The summed E-state index contributed by atoms with van der Waals surface area (Å²) in [4.78, 5) is 58.4. The first-order valence-corrected chi connectivity index (χ1v) is 15.3. The second kappa shape index (κ2) is 11.3. The van der Waals surface area contributed by atoms with Gasteiger partial charge < -0.3 is 30.4 Å². The summed E-state index contributed by atoms with van der Waals surface area (Å²) in [6.45, 7) is 11.9. The topological polar surface area (TPSA) is 153 Å². The maximum atomic E-state index is 14.0. The quantitative estimate of drug-likeness (QED) is 0.182. The number of ether oxygens (including phenoxy) is 1. The molecule has 2 fully saturated rings. The Morgan fingerprint density at radius 3 is 2.49 bits per heavy atom. The number of H-pyrrole nitrogens is 2. The SMILES string of the molecule is C=Cc1c(C)/c2[nH]/c1=C\c1[nH]c(c(CC)c1C=O)/C=C1\N[C@H]3C(=C1C)C(=O)[C@H](C(=O)OC)/C3=C1/NC(\C=2)[C@@H](C)[C@@H]1CCC(=O)O. The summed E-state index contributed by atoms with van der Waals surface area (Å²) >= 11 is 0. The van der Waals surface area contributed by atoms with Gasteiger partial charge in [0, 0.05) is 62.9 Å². The molecule has 10 nitrogen and oxygen atoms in total.